The average molecular weight is 255 g/mol. The maximum atomic E-state index is 13.2. The second-order valence-corrected chi connectivity index (χ2v) is 3.78. The molecule has 0 heterocycles. The first kappa shape index (κ1) is 12.4. The van der Waals surface area contributed by atoms with Crippen LogP contribution in [0.5, 0.6) is 0 Å². The summed E-state index contributed by atoms with van der Waals surface area (Å²) in [5.74, 6) is -0.590. The number of halogens is 4. The summed E-state index contributed by atoms with van der Waals surface area (Å²) in [7, 11) is 0. The van der Waals surface area contributed by atoms with Crippen LogP contribution in [0.4, 0.5) is 23.2 Å². The van der Waals surface area contributed by atoms with Crippen molar-refractivity contribution in [1.82, 2.24) is 0 Å². The minimum absolute atomic E-state index is 0.0720. The van der Waals surface area contributed by atoms with Crippen molar-refractivity contribution in [3.05, 3.63) is 53.8 Å². The Morgan fingerprint density at radius 3 is 2.06 bits per heavy atom. The van der Waals surface area contributed by atoms with Gasteiger partial charge in [-0.05, 0) is 23.8 Å². The Labute approximate surface area is 101 Å². The zero-order chi connectivity index (χ0) is 13.3. The molecule has 0 unspecified atom stereocenters. The standard InChI is InChI=1S/C13H9F4N/c14-11-3-1-2-10(12(11)18)8-4-6-9(7-5-8)13(15,16)17/h1-7H,18H2. The Morgan fingerprint density at radius 1 is 0.889 bits per heavy atom. The van der Waals surface area contributed by atoms with Gasteiger partial charge in [0.15, 0.2) is 0 Å². The Balaban J connectivity index is 2.44. The van der Waals surface area contributed by atoms with E-state index in [2.05, 4.69) is 0 Å². The molecule has 5 heteroatoms. The Morgan fingerprint density at radius 2 is 1.50 bits per heavy atom. The number of anilines is 1. The largest absolute Gasteiger partial charge is 0.416 e. The minimum Gasteiger partial charge on any atom is -0.396 e. The second kappa shape index (κ2) is 4.33. The van der Waals surface area contributed by atoms with Crippen molar-refractivity contribution in [2.45, 2.75) is 6.18 Å². The predicted molar refractivity (Wildman–Crippen MR) is 61.3 cm³/mol. The van der Waals surface area contributed by atoms with Crippen LogP contribution in [-0.4, -0.2) is 0 Å². The van der Waals surface area contributed by atoms with E-state index in [0.29, 0.717) is 11.1 Å². The van der Waals surface area contributed by atoms with Gasteiger partial charge in [-0.25, -0.2) is 4.39 Å². The van der Waals surface area contributed by atoms with Gasteiger partial charge in [0.1, 0.15) is 5.82 Å². The van der Waals surface area contributed by atoms with E-state index >= 15 is 0 Å². The molecule has 0 aliphatic carbocycles. The van der Waals surface area contributed by atoms with Crippen molar-refractivity contribution < 1.29 is 17.6 Å². The summed E-state index contributed by atoms with van der Waals surface area (Å²) in [5, 5.41) is 0. The van der Waals surface area contributed by atoms with Crippen LogP contribution in [0, 0.1) is 5.82 Å². The average Bonchev–Trinajstić information content (AvgIpc) is 2.32. The van der Waals surface area contributed by atoms with E-state index in [1.165, 1.54) is 24.3 Å². The highest BCUT2D eigenvalue weighted by Gasteiger charge is 2.30. The summed E-state index contributed by atoms with van der Waals surface area (Å²) >= 11 is 0. The molecule has 0 aliphatic heterocycles. The normalized spacial score (nSPS) is 11.6. The molecule has 0 amide bonds. The van der Waals surface area contributed by atoms with Crippen molar-refractivity contribution in [2.24, 2.45) is 0 Å². The van der Waals surface area contributed by atoms with Gasteiger partial charge < -0.3 is 5.73 Å². The third-order valence-corrected chi connectivity index (χ3v) is 2.58. The lowest BCUT2D eigenvalue weighted by molar-refractivity contribution is -0.137. The molecule has 0 saturated carbocycles. The lowest BCUT2D eigenvalue weighted by atomic mass is 10.0. The maximum absolute atomic E-state index is 13.2. The number of nitrogens with two attached hydrogens (primary N) is 1. The molecule has 2 rings (SSSR count). The Kier molecular flexibility index (Phi) is 2.98. The summed E-state index contributed by atoms with van der Waals surface area (Å²) in [6.45, 7) is 0. The maximum Gasteiger partial charge on any atom is 0.416 e. The van der Waals surface area contributed by atoms with Crippen molar-refractivity contribution in [1.29, 1.82) is 0 Å². The fourth-order valence-electron chi connectivity index (χ4n) is 1.63. The predicted octanol–water partition coefficient (Wildman–Crippen LogP) is 4.09. The SMILES string of the molecule is Nc1c(F)cccc1-c1ccc(C(F)(F)F)cc1. The highest BCUT2D eigenvalue weighted by atomic mass is 19.4. The molecule has 94 valence electrons. The van der Waals surface area contributed by atoms with Crippen molar-refractivity contribution in [2.75, 3.05) is 5.73 Å². The summed E-state index contributed by atoms with van der Waals surface area (Å²) < 4.78 is 50.4. The zero-order valence-corrected chi connectivity index (χ0v) is 9.13. The molecule has 0 aliphatic rings. The molecule has 0 bridgehead atoms. The fourth-order valence-corrected chi connectivity index (χ4v) is 1.63. The van der Waals surface area contributed by atoms with E-state index < -0.39 is 17.6 Å². The van der Waals surface area contributed by atoms with Crippen LogP contribution in [0.25, 0.3) is 11.1 Å². The summed E-state index contributed by atoms with van der Waals surface area (Å²) in [6.07, 6.45) is -4.38. The molecule has 0 radical (unpaired) electrons. The summed E-state index contributed by atoms with van der Waals surface area (Å²) in [4.78, 5) is 0. The Hall–Kier alpha value is -2.04. The number of hydrogen-bond acceptors (Lipinski definition) is 1. The quantitative estimate of drug-likeness (QED) is 0.602. The number of rotatable bonds is 1. The van der Waals surface area contributed by atoms with E-state index in [9.17, 15) is 17.6 Å². The molecule has 2 aromatic carbocycles. The minimum atomic E-state index is -4.38. The van der Waals surface area contributed by atoms with Gasteiger partial charge in [-0.15, -0.1) is 0 Å². The van der Waals surface area contributed by atoms with E-state index in [1.54, 1.807) is 6.07 Å². The first-order valence-corrected chi connectivity index (χ1v) is 5.11. The van der Waals surface area contributed by atoms with E-state index in [4.69, 9.17) is 5.73 Å². The number of nitrogen functional groups attached to an aromatic ring is 1. The van der Waals surface area contributed by atoms with Gasteiger partial charge in [-0.2, -0.15) is 13.2 Å². The van der Waals surface area contributed by atoms with Crippen LogP contribution in [0.15, 0.2) is 42.5 Å². The lowest BCUT2D eigenvalue weighted by Gasteiger charge is -2.09. The third kappa shape index (κ3) is 2.30. The Bertz CT molecular complexity index is 558. The first-order chi connectivity index (χ1) is 8.39. The molecule has 0 aromatic heterocycles. The number of hydrogen-bond donors (Lipinski definition) is 1. The molecule has 2 N–H and O–H groups in total. The second-order valence-electron chi connectivity index (χ2n) is 3.78. The monoisotopic (exact) mass is 255 g/mol. The van der Waals surface area contributed by atoms with E-state index in [-0.39, 0.29) is 5.69 Å². The van der Waals surface area contributed by atoms with Crippen molar-refractivity contribution >= 4 is 5.69 Å². The highest BCUT2D eigenvalue weighted by Crippen LogP contribution is 2.32. The molecular weight excluding hydrogens is 246 g/mol. The number of benzene rings is 2. The lowest BCUT2D eigenvalue weighted by Crippen LogP contribution is -2.04. The third-order valence-electron chi connectivity index (χ3n) is 2.58. The molecule has 0 spiro atoms. The van der Waals surface area contributed by atoms with E-state index in [1.807, 2.05) is 0 Å². The van der Waals surface area contributed by atoms with Crippen molar-refractivity contribution in [3.63, 3.8) is 0 Å². The summed E-state index contributed by atoms with van der Waals surface area (Å²) in [5.41, 5.74) is 5.54. The highest BCUT2D eigenvalue weighted by molar-refractivity contribution is 5.76. The van der Waals surface area contributed by atoms with Crippen LogP contribution in [0.3, 0.4) is 0 Å². The van der Waals surface area contributed by atoms with Crippen LogP contribution in [0.2, 0.25) is 0 Å². The van der Waals surface area contributed by atoms with Gasteiger partial charge in [0.05, 0.1) is 11.3 Å². The molecule has 1 nitrogen and oxygen atoms in total. The van der Waals surface area contributed by atoms with E-state index in [0.717, 1.165) is 12.1 Å². The van der Waals surface area contributed by atoms with Crippen LogP contribution in [0.1, 0.15) is 5.56 Å². The van der Waals surface area contributed by atoms with Gasteiger partial charge in [0, 0.05) is 5.56 Å². The molecular formula is C13H9F4N. The zero-order valence-electron chi connectivity index (χ0n) is 9.13. The van der Waals surface area contributed by atoms with Crippen LogP contribution >= 0.6 is 0 Å². The topological polar surface area (TPSA) is 26.0 Å². The van der Waals surface area contributed by atoms with Gasteiger partial charge in [0.25, 0.3) is 0 Å². The number of alkyl halides is 3. The summed E-state index contributed by atoms with van der Waals surface area (Å²) in [6, 6.07) is 8.64. The van der Waals surface area contributed by atoms with Gasteiger partial charge in [0.2, 0.25) is 0 Å². The number of para-hydroxylation sites is 1. The fraction of sp³-hybridized carbons (Fsp3) is 0.0769. The smallest absolute Gasteiger partial charge is 0.396 e. The van der Waals surface area contributed by atoms with Crippen molar-refractivity contribution in [3.8, 4) is 11.1 Å². The molecule has 0 saturated heterocycles. The first-order valence-electron chi connectivity index (χ1n) is 5.11. The van der Waals surface area contributed by atoms with Crippen LogP contribution < -0.4 is 5.73 Å². The molecule has 18 heavy (non-hydrogen) atoms. The van der Waals surface area contributed by atoms with Gasteiger partial charge in [-0.1, -0.05) is 24.3 Å². The van der Waals surface area contributed by atoms with Crippen LogP contribution in [-0.2, 0) is 6.18 Å². The van der Waals surface area contributed by atoms with Gasteiger partial charge in [-0.3, -0.25) is 0 Å². The van der Waals surface area contributed by atoms with Gasteiger partial charge >= 0.3 is 6.18 Å². The molecule has 2 aromatic rings. The molecule has 0 atom stereocenters. The molecule has 0 fully saturated rings.